The highest BCUT2D eigenvalue weighted by atomic mass is 35.5. The summed E-state index contributed by atoms with van der Waals surface area (Å²) in [4.78, 5) is 18.4. The fourth-order valence-electron chi connectivity index (χ4n) is 3.62. The summed E-state index contributed by atoms with van der Waals surface area (Å²) in [5, 5.41) is 4.54. The number of aliphatic imine (C=N–C) groups is 1. The molecule has 3 aromatic rings. The number of amides is 1. The number of carbonyl (C=O) groups is 1. The van der Waals surface area contributed by atoms with Gasteiger partial charge in [-0.15, -0.1) is 11.3 Å². The van der Waals surface area contributed by atoms with E-state index in [4.69, 9.17) is 16.6 Å². The molecule has 1 atom stereocenters. The average molecular weight is 449 g/mol. The quantitative estimate of drug-likeness (QED) is 0.458. The van der Waals surface area contributed by atoms with E-state index in [1.165, 1.54) is 21.6 Å². The molecule has 0 bridgehead atoms. The van der Waals surface area contributed by atoms with E-state index in [1.54, 1.807) is 11.3 Å². The van der Waals surface area contributed by atoms with Gasteiger partial charge < -0.3 is 5.32 Å². The van der Waals surface area contributed by atoms with Crippen molar-refractivity contribution in [3.63, 3.8) is 0 Å². The monoisotopic (exact) mass is 448 g/mol. The molecule has 3 nitrogen and oxygen atoms in total. The molecule has 2 aromatic carbocycles. The van der Waals surface area contributed by atoms with Gasteiger partial charge in [-0.1, -0.05) is 65.7 Å². The summed E-state index contributed by atoms with van der Waals surface area (Å²) in [7, 11) is 0. The Hall–Kier alpha value is -2.69. The van der Waals surface area contributed by atoms with Crippen molar-refractivity contribution in [2.24, 2.45) is 4.99 Å². The maximum Gasteiger partial charge on any atom is 0.249 e. The topological polar surface area (TPSA) is 41.5 Å². The molecule has 1 N–H and O–H groups in total. The molecular weight excluding hydrogens is 424 g/mol. The first-order chi connectivity index (χ1) is 14.9. The van der Waals surface area contributed by atoms with Gasteiger partial charge in [0.2, 0.25) is 5.91 Å². The van der Waals surface area contributed by atoms with Gasteiger partial charge in [-0.05, 0) is 56.9 Å². The minimum Gasteiger partial charge on any atom is -0.315 e. The first-order valence-corrected chi connectivity index (χ1v) is 11.6. The number of hydrogen-bond acceptors (Lipinski definition) is 3. The third-order valence-corrected chi connectivity index (χ3v) is 6.64. The molecule has 0 saturated carbocycles. The third kappa shape index (κ3) is 4.97. The second-order valence-corrected chi connectivity index (χ2v) is 9.59. The molecule has 0 fully saturated rings. The Morgan fingerprint density at radius 3 is 2.55 bits per heavy atom. The van der Waals surface area contributed by atoms with Gasteiger partial charge in [-0.3, -0.25) is 9.79 Å². The van der Waals surface area contributed by atoms with Crippen molar-refractivity contribution >= 4 is 45.6 Å². The number of nitrogens with one attached hydrogen (secondary N) is 1. The highest BCUT2D eigenvalue weighted by Crippen LogP contribution is 2.35. The fraction of sp³-hybridized carbons (Fsp3) is 0.231. The lowest BCUT2D eigenvalue weighted by Gasteiger charge is -2.08. The SMILES string of the molecule is CC(C)=Cc1ccc(CCc2cc3c(s2)NC(=O)C(C)N=C3c2ccccc2Cl)cc1. The standard InChI is InChI=1S/C26H25ClN2OS/c1-16(2)14-19-10-8-18(9-11-19)12-13-20-15-22-24(21-6-4-5-7-23(21)27)28-17(3)25(30)29-26(22)31-20/h4-11,14-15,17H,12-13H2,1-3H3,(H,29,30). The highest BCUT2D eigenvalue weighted by molar-refractivity contribution is 7.16. The van der Waals surface area contributed by atoms with Crippen LogP contribution in [0.3, 0.4) is 0 Å². The van der Waals surface area contributed by atoms with Crippen LogP contribution in [0.1, 0.15) is 47.9 Å². The summed E-state index contributed by atoms with van der Waals surface area (Å²) in [6.07, 6.45) is 4.03. The van der Waals surface area contributed by atoms with Gasteiger partial charge in [0, 0.05) is 21.0 Å². The maximum absolute atomic E-state index is 12.5. The molecule has 1 aliphatic rings. The van der Waals surface area contributed by atoms with Crippen LogP contribution < -0.4 is 5.32 Å². The predicted molar refractivity (Wildman–Crippen MR) is 133 cm³/mol. The van der Waals surface area contributed by atoms with Crippen molar-refractivity contribution in [3.05, 3.63) is 92.3 Å². The summed E-state index contributed by atoms with van der Waals surface area (Å²) >= 11 is 8.09. The van der Waals surface area contributed by atoms with Gasteiger partial charge in [0.15, 0.2) is 0 Å². The van der Waals surface area contributed by atoms with Crippen LogP contribution in [-0.4, -0.2) is 17.7 Å². The van der Waals surface area contributed by atoms with E-state index in [0.29, 0.717) is 5.02 Å². The normalized spacial score (nSPS) is 15.5. The van der Waals surface area contributed by atoms with Crippen molar-refractivity contribution in [3.8, 4) is 0 Å². The number of fused-ring (bicyclic) bond motifs is 1. The molecule has 0 aliphatic carbocycles. The van der Waals surface area contributed by atoms with Crippen LogP contribution in [0.4, 0.5) is 5.00 Å². The summed E-state index contributed by atoms with van der Waals surface area (Å²) < 4.78 is 0. The lowest BCUT2D eigenvalue weighted by molar-refractivity contribution is -0.116. The zero-order valence-corrected chi connectivity index (χ0v) is 19.5. The van der Waals surface area contributed by atoms with Gasteiger partial charge >= 0.3 is 0 Å². The van der Waals surface area contributed by atoms with Crippen molar-refractivity contribution in [1.29, 1.82) is 0 Å². The molecule has 1 amide bonds. The number of allylic oxidation sites excluding steroid dienone is 1. The van der Waals surface area contributed by atoms with Crippen molar-refractivity contribution in [2.45, 2.75) is 39.7 Å². The Labute approximate surface area is 192 Å². The molecule has 1 aliphatic heterocycles. The van der Waals surface area contributed by atoms with Gasteiger partial charge in [0.25, 0.3) is 0 Å². The van der Waals surface area contributed by atoms with Crippen LogP contribution in [-0.2, 0) is 17.6 Å². The van der Waals surface area contributed by atoms with Crippen molar-refractivity contribution < 1.29 is 4.79 Å². The van der Waals surface area contributed by atoms with Crippen molar-refractivity contribution in [2.75, 3.05) is 5.32 Å². The number of nitrogens with zero attached hydrogens (tertiary/aromatic N) is 1. The minimum absolute atomic E-state index is 0.0911. The Bertz CT molecular complexity index is 1170. The van der Waals surface area contributed by atoms with Crippen LogP contribution >= 0.6 is 22.9 Å². The smallest absolute Gasteiger partial charge is 0.249 e. The van der Waals surface area contributed by atoms with E-state index in [-0.39, 0.29) is 5.91 Å². The number of hydrogen-bond donors (Lipinski definition) is 1. The molecule has 1 aromatic heterocycles. The molecule has 2 heterocycles. The molecule has 0 spiro atoms. The average Bonchev–Trinajstić information content (AvgIpc) is 3.09. The third-order valence-electron chi connectivity index (χ3n) is 5.20. The lowest BCUT2D eigenvalue weighted by Crippen LogP contribution is -2.22. The number of rotatable bonds is 5. The summed E-state index contributed by atoms with van der Waals surface area (Å²) in [5.41, 5.74) is 6.40. The first-order valence-electron chi connectivity index (χ1n) is 10.4. The van der Waals surface area contributed by atoms with Gasteiger partial charge in [0.1, 0.15) is 11.0 Å². The molecule has 0 radical (unpaired) electrons. The first kappa shape index (κ1) is 21.5. The second-order valence-electron chi connectivity index (χ2n) is 8.04. The summed E-state index contributed by atoms with van der Waals surface area (Å²) in [6, 6.07) is 18.0. The number of benzene rings is 2. The highest BCUT2D eigenvalue weighted by Gasteiger charge is 2.26. The van der Waals surface area contributed by atoms with Crippen LogP contribution in [0, 0.1) is 0 Å². The van der Waals surface area contributed by atoms with Gasteiger partial charge in [-0.2, -0.15) is 0 Å². The zero-order chi connectivity index (χ0) is 22.0. The molecule has 1 unspecified atom stereocenters. The maximum atomic E-state index is 12.5. The Morgan fingerprint density at radius 1 is 1.10 bits per heavy atom. The van der Waals surface area contributed by atoms with E-state index in [0.717, 1.165) is 34.7 Å². The second kappa shape index (κ2) is 9.21. The molecule has 31 heavy (non-hydrogen) atoms. The number of carbonyl (C=O) groups excluding carboxylic acids is 1. The number of thiophene rings is 1. The van der Waals surface area contributed by atoms with E-state index < -0.39 is 6.04 Å². The van der Waals surface area contributed by atoms with Gasteiger partial charge in [-0.25, -0.2) is 0 Å². The van der Waals surface area contributed by atoms with E-state index in [2.05, 4.69) is 55.6 Å². The summed E-state index contributed by atoms with van der Waals surface area (Å²) in [5.74, 6) is -0.0911. The lowest BCUT2D eigenvalue weighted by atomic mass is 10.0. The van der Waals surface area contributed by atoms with Crippen LogP contribution in [0.25, 0.3) is 6.08 Å². The number of halogens is 1. The van der Waals surface area contributed by atoms with E-state index >= 15 is 0 Å². The van der Waals surface area contributed by atoms with E-state index in [1.807, 2.05) is 31.2 Å². The van der Waals surface area contributed by atoms with Crippen LogP contribution in [0.5, 0.6) is 0 Å². The fourth-order valence-corrected chi connectivity index (χ4v) is 4.91. The molecule has 0 saturated heterocycles. The Kier molecular flexibility index (Phi) is 6.40. The zero-order valence-electron chi connectivity index (χ0n) is 17.9. The predicted octanol–water partition coefficient (Wildman–Crippen LogP) is 6.79. The van der Waals surface area contributed by atoms with Crippen molar-refractivity contribution in [1.82, 2.24) is 0 Å². The number of anilines is 1. The molecule has 5 heteroatoms. The number of aryl methyl sites for hydroxylation is 2. The molecule has 158 valence electrons. The Balaban J connectivity index is 1.60. The van der Waals surface area contributed by atoms with E-state index in [9.17, 15) is 4.79 Å². The minimum atomic E-state index is -0.464. The Morgan fingerprint density at radius 2 is 1.84 bits per heavy atom. The molecular formula is C26H25ClN2OS. The largest absolute Gasteiger partial charge is 0.315 e. The summed E-state index contributed by atoms with van der Waals surface area (Å²) in [6.45, 7) is 6.02. The van der Waals surface area contributed by atoms with Crippen LogP contribution in [0.15, 0.2) is 65.2 Å². The molecule has 4 rings (SSSR count). The van der Waals surface area contributed by atoms with Crippen LogP contribution in [0.2, 0.25) is 5.02 Å². The van der Waals surface area contributed by atoms with Gasteiger partial charge in [0.05, 0.1) is 5.71 Å².